The SMILES string of the molecule is C/C(=N/NC(=O)COc1ccc(Cl)c(C)c1)c1cccc(OCC(=O)O)c1. The van der Waals surface area contributed by atoms with Crippen molar-refractivity contribution in [3.05, 3.63) is 58.6 Å². The molecule has 8 heteroatoms. The van der Waals surface area contributed by atoms with Crippen molar-refractivity contribution in [1.29, 1.82) is 0 Å². The minimum Gasteiger partial charge on any atom is -0.484 e. The van der Waals surface area contributed by atoms with Gasteiger partial charge < -0.3 is 14.6 Å². The third kappa shape index (κ3) is 6.63. The lowest BCUT2D eigenvalue weighted by molar-refractivity contribution is -0.139. The first kappa shape index (κ1) is 20.3. The molecule has 2 aromatic rings. The number of aliphatic carboxylic acids is 1. The Kier molecular flexibility index (Phi) is 7.19. The van der Waals surface area contributed by atoms with Crippen LogP contribution in [-0.2, 0) is 9.59 Å². The third-order valence-electron chi connectivity index (χ3n) is 3.46. The minimum atomic E-state index is -1.06. The predicted octanol–water partition coefficient (Wildman–Crippen LogP) is 3.03. The number of carbonyl (C=O) groups is 2. The van der Waals surface area contributed by atoms with E-state index in [0.717, 1.165) is 5.56 Å². The number of halogens is 1. The van der Waals surface area contributed by atoms with Crippen LogP contribution >= 0.6 is 11.6 Å². The van der Waals surface area contributed by atoms with Crippen molar-refractivity contribution in [2.45, 2.75) is 13.8 Å². The third-order valence-corrected chi connectivity index (χ3v) is 3.89. The second-order valence-corrected chi connectivity index (χ2v) is 6.05. The Balaban J connectivity index is 1.90. The topological polar surface area (TPSA) is 97.2 Å². The smallest absolute Gasteiger partial charge is 0.341 e. The number of carboxylic acid groups (broad SMARTS) is 1. The molecule has 2 rings (SSSR count). The van der Waals surface area contributed by atoms with Gasteiger partial charge in [0, 0.05) is 10.6 Å². The first-order chi connectivity index (χ1) is 12.8. The van der Waals surface area contributed by atoms with Crippen LogP contribution in [0.4, 0.5) is 0 Å². The molecule has 0 unspecified atom stereocenters. The molecule has 142 valence electrons. The quantitative estimate of drug-likeness (QED) is 0.533. The number of ether oxygens (including phenoxy) is 2. The van der Waals surface area contributed by atoms with Crippen molar-refractivity contribution >= 4 is 29.2 Å². The highest BCUT2D eigenvalue weighted by Crippen LogP contribution is 2.20. The van der Waals surface area contributed by atoms with E-state index in [1.54, 1.807) is 49.4 Å². The van der Waals surface area contributed by atoms with Gasteiger partial charge in [0.2, 0.25) is 0 Å². The summed E-state index contributed by atoms with van der Waals surface area (Å²) in [5.41, 5.74) is 4.49. The van der Waals surface area contributed by atoms with Crippen molar-refractivity contribution in [2.24, 2.45) is 5.10 Å². The Morgan fingerprint density at radius 1 is 1.11 bits per heavy atom. The van der Waals surface area contributed by atoms with E-state index in [4.69, 9.17) is 26.2 Å². The van der Waals surface area contributed by atoms with E-state index < -0.39 is 18.5 Å². The van der Waals surface area contributed by atoms with Gasteiger partial charge in [-0.05, 0) is 49.7 Å². The maximum absolute atomic E-state index is 11.9. The van der Waals surface area contributed by atoms with Crippen LogP contribution in [0, 0.1) is 6.92 Å². The van der Waals surface area contributed by atoms with Crippen LogP contribution in [0.2, 0.25) is 5.02 Å². The number of benzene rings is 2. The minimum absolute atomic E-state index is 0.195. The zero-order valence-corrected chi connectivity index (χ0v) is 15.6. The van der Waals surface area contributed by atoms with Crippen LogP contribution in [-0.4, -0.2) is 35.9 Å². The van der Waals surface area contributed by atoms with Gasteiger partial charge in [-0.3, -0.25) is 4.79 Å². The molecule has 0 bridgehead atoms. The molecule has 2 aromatic carbocycles. The number of hydrogen-bond donors (Lipinski definition) is 2. The van der Waals surface area contributed by atoms with Crippen molar-refractivity contribution in [3.63, 3.8) is 0 Å². The van der Waals surface area contributed by atoms with Crippen LogP contribution in [0.25, 0.3) is 0 Å². The van der Waals surface area contributed by atoms with Gasteiger partial charge in [0.15, 0.2) is 13.2 Å². The average Bonchev–Trinajstić information content (AvgIpc) is 2.65. The maximum Gasteiger partial charge on any atom is 0.341 e. The number of carbonyl (C=O) groups excluding carboxylic acids is 1. The number of nitrogens with one attached hydrogen (secondary N) is 1. The molecule has 0 saturated carbocycles. The zero-order valence-electron chi connectivity index (χ0n) is 14.9. The van der Waals surface area contributed by atoms with Gasteiger partial charge in [-0.2, -0.15) is 5.10 Å². The van der Waals surface area contributed by atoms with Gasteiger partial charge in [0.1, 0.15) is 11.5 Å². The van der Waals surface area contributed by atoms with Gasteiger partial charge in [0.25, 0.3) is 5.91 Å². The molecule has 0 saturated heterocycles. The molecule has 0 radical (unpaired) electrons. The summed E-state index contributed by atoms with van der Waals surface area (Å²) in [6.07, 6.45) is 0. The fraction of sp³-hybridized carbons (Fsp3) is 0.211. The number of rotatable bonds is 8. The number of hydrogen-bond acceptors (Lipinski definition) is 5. The molecule has 7 nitrogen and oxygen atoms in total. The highest BCUT2D eigenvalue weighted by molar-refractivity contribution is 6.31. The van der Waals surface area contributed by atoms with Gasteiger partial charge >= 0.3 is 5.97 Å². The van der Waals surface area contributed by atoms with E-state index in [1.165, 1.54) is 0 Å². The van der Waals surface area contributed by atoms with E-state index in [0.29, 0.717) is 27.8 Å². The van der Waals surface area contributed by atoms with Crippen LogP contribution in [0.3, 0.4) is 0 Å². The summed E-state index contributed by atoms with van der Waals surface area (Å²) in [5, 5.41) is 13.3. The molecule has 0 aromatic heterocycles. The maximum atomic E-state index is 11.9. The van der Waals surface area contributed by atoms with Crippen molar-refractivity contribution in [1.82, 2.24) is 5.43 Å². The second kappa shape index (κ2) is 9.59. The number of aryl methyl sites for hydroxylation is 1. The highest BCUT2D eigenvalue weighted by atomic mass is 35.5. The molecule has 0 aliphatic rings. The number of nitrogens with zero attached hydrogens (tertiary/aromatic N) is 1. The van der Waals surface area contributed by atoms with Crippen LogP contribution < -0.4 is 14.9 Å². The first-order valence-corrected chi connectivity index (χ1v) is 8.40. The van der Waals surface area contributed by atoms with E-state index >= 15 is 0 Å². The van der Waals surface area contributed by atoms with Gasteiger partial charge in [-0.1, -0.05) is 23.7 Å². The molecular weight excluding hydrogens is 372 g/mol. The van der Waals surface area contributed by atoms with Gasteiger partial charge in [-0.15, -0.1) is 0 Å². The fourth-order valence-corrected chi connectivity index (χ4v) is 2.17. The second-order valence-electron chi connectivity index (χ2n) is 5.64. The summed E-state index contributed by atoms with van der Waals surface area (Å²) in [7, 11) is 0. The van der Waals surface area contributed by atoms with E-state index in [2.05, 4.69) is 10.5 Å². The average molecular weight is 391 g/mol. The van der Waals surface area contributed by atoms with E-state index in [9.17, 15) is 9.59 Å². The summed E-state index contributed by atoms with van der Waals surface area (Å²) >= 11 is 5.94. The summed E-state index contributed by atoms with van der Waals surface area (Å²) in [6, 6.07) is 11.9. The standard InChI is InChI=1S/C19H19ClN2O5/c1-12-8-16(6-7-17(12)20)26-10-18(23)22-21-13(2)14-4-3-5-15(9-14)27-11-19(24)25/h3-9H,10-11H2,1-2H3,(H,22,23)(H,24,25)/b21-13-. The Morgan fingerprint density at radius 3 is 2.52 bits per heavy atom. The molecular formula is C19H19ClN2O5. The Bertz CT molecular complexity index is 867. The molecule has 1 amide bonds. The van der Waals surface area contributed by atoms with Crippen molar-refractivity contribution in [3.8, 4) is 11.5 Å². The first-order valence-electron chi connectivity index (χ1n) is 8.02. The Labute approximate surface area is 161 Å². The molecule has 27 heavy (non-hydrogen) atoms. The van der Waals surface area contributed by atoms with E-state index in [-0.39, 0.29) is 6.61 Å². The summed E-state index contributed by atoms with van der Waals surface area (Å²) in [6.45, 7) is 2.93. The lowest BCUT2D eigenvalue weighted by atomic mass is 10.1. The number of hydrazone groups is 1. The molecule has 0 spiro atoms. The molecule has 0 heterocycles. The predicted molar refractivity (Wildman–Crippen MR) is 102 cm³/mol. The lowest BCUT2D eigenvalue weighted by Gasteiger charge is -2.08. The molecule has 2 N–H and O–H groups in total. The number of amides is 1. The highest BCUT2D eigenvalue weighted by Gasteiger charge is 2.06. The van der Waals surface area contributed by atoms with Crippen LogP contribution in [0.5, 0.6) is 11.5 Å². The zero-order chi connectivity index (χ0) is 19.8. The fourth-order valence-electron chi connectivity index (χ4n) is 2.05. The molecule has 0 aliphatic carbocycles. The van der Waals surface area contributed by atoms with E-state index in [1.807, 2.05) is 6.92 Å². The van der Waals surface area contributed by atoms with Crippen LogP contribution in [0.1, 0.15) is 18.1 Å². The van der Waals surface area contributed by atoms with Crippen molar-refractivity contribution < 1.29 is 24.2 Å². The summed E-state index contributed by atoms with van der Waals surface area (Å²) in [4.78, 5) is 22.4. The normalized spacial score (nSPS) is 11.0. The summed E-state index contributed by atoms with van der Waals surface area (Å²) in [5.74, 6) is -0.539. The lowest BCUT2D eigenvalue weighted by Crippen LogP contribution is -2.25. The molecule has 0 fully saturated rings. The van der Waals surface area contributed by atoms with Crippen LogP contribution in [0.15, 0.2) is 47.6 Å². The monoisotopic (exact) mass is 390 g/mol. The molecule has 0 atom stereocenters. The van der Waals surface area contributed by atoms with Crippen molar-refractivity contribution in [2.75, 3.05) is 13.2 Å². The van der Waals surface area contributed by atoms with Gasteiger partial charge in [0.05, 0.1) is 5.71 Å². The Hall–Kier alpha value is -3.06. The number of carboxylic acids is 1. The largest absolute Gasteiger partial charge is 0.484 e. The van der Waals surface area contributed by atoms with Gasteiger partial charge in [-0.25, -0.2) is 10.2 Å². The Morgan fingerprint density at radius 2 is 1.81 bits per heavy atom. The molecule has 0 aliphatic heterocycles. The summed E-state index contributed by atoms with van der Waals surface area (Å²) < 4.78 is 10.5.